The molecule has 0 radical (unpaired) electrons. The lowest BCUT2D eigenvalue weighted by molar-refractivity contribution is 0.327. The minimum absolute atomic E-state index is 0.607. The predicted molar refractivity (Wildman–Crippen MR) is 77.6 cm³/mol. The van der Waals surface area contributed by atoms with E-state index in [2.05, 4.69) is 25.8 Å². The van der Waals surface area contributed by atoms with Gasteiger partial charge in [0.2, 0.25) is 0 Å². The van der Waals surface area contributed by atoms with Gasteiger partial charge in [0.05, 0.1) is 0 Å². The van der Waals surface area contributed by atoms with Crippen molar-refractivity contribution in [2.24, 2.45) is 0 Å². The van der Waals surface area contributed by atoms with Crippen molar-refractivity contribution < 1.29 is 4.43 Å². The fourth-order valence-corrected chi connectivity index (χ4v) is 7.75. The van der Waals surface area contributed by atoms with Gasteiger partial charge in [0, 0.05) is 7.11 Å². The molecule has 0 aromatic carbocycles. The molecule has 1 aliphatic rings. The Morgan fingerprint density at radius 1 is 1.24 bits per heavy atom. The maximum Gasteiger partial charge on any atom is 0.271 e. The molecule has 2 nitrogen and oxygen atoms in total. The van der Waals surface area contributed by atoms with Gasteiger partial charge in [0.1, 0.15) is 0 Å². The predicted octanol–water partition coefficient (Wildman–Crippen LogP) is 4.21. The van der Waals surface area contributed by atoms with Crippen LogP contribution in [0.5, 0.6) is 0 Å². The van der Waals surface area contributed by atoms with Crippen molar-refractivity contribution in [1.29, 1.82) is 0 Å². The molecule has 1 saturated carbocycles. The average molecular weight is 257 g/mol. The summed E-state index contributed by atoms with van der Waals surface area (Å²) in [5, 5.41) is 0. The second-order valence-electron chi connectivity index (χ2n) is 5.63. The zero-order valence-electron chi connectivity index (χ0n) is 12.2. The van der Waals surface area contributed by atoms with Gasteiger partial charge in [0.25, 0.3) is 8.48 Å². The summed E-state index contributed by atoms with van der Waals surface area (Å²) in [4.78, 5) is 3.92. The number of hydrogen-bond donors (Lipinski definition) is 1. The van der Waals surface area contributed by atoms with Gasteiger partial charge in [-0.15, -0.1) is 0 Å². The van der Waals surface area contributed by atoms with Gasteiger partial charge in [-0.25, -0.2) is 0 Å². The summed E-state index contributed by atoms with van der Waals surface area (Å²) < 4.78 is 6.12. The van der Waals surface area contributed by atoms with Crippen LogP contribution in [0.4, 0.5) is 0 Å². The first-order chi connectivity index (χ1) is 8.18. The molecular weight excluding hydrogens is 226 g/mol. The molecule has 2 unspecified atom stereocenters. The summed E-state index contributed by atoms with van der Waals surface area (Å²) >= 11 is 0. The van der Waals surface area contributed by atoms with Gasteiger partial charge < -0.3 is 9.41 Å². The maximum atomic E-state index is 6.12. The average Bonchev–Trinajstić information content (AvgIpc) is 2.39. The van der Waals surface area contributed by atoms with E-state index in [4.69, 9.17) is 4.43 Å². The molecule has 1 aliphatic carbocycles. The Kier molecular flexibility index (Phi) is 6.74. The molecule has 0 spiro atoms. The van der Waals surface area contributed by atoms with Crippen LogP contribution in [0.1, 0.15) is 65.7 Å². The first kappa shape index (κ1) is 15.2. The Hall–Kier alpha value is 0.137. The van der Waals surface area contributed by atoms with Gasteiger partial charge in [-0.2, -0.15) is 0 Å². The van der Waals surface area contributed by atoms with E-state index in [0.29, 0.717) is 6.04 Å². The summed E-state index contributed by atoms with van der Waals surface area (Å²) in [6.07, 6.45) is 9.49. The lowest BCUT2D eigenvalue weighted by Crippen LogP contribution is -2.59. The van der Waals surface area contributed by atoms with E-state index in [1.165, 1.54) is 51.0 Å². The van der Waals surface area contributed by atoms with E-state index in [9.17, 15) is 0 Å². The summed E-state index contributed by atoms with van der Waals surface area (Å²) in [5.41, 5.74) is 0.843. The lowest BCUT2D eigenvalue weighted by Gasteiger charge is -2.41. The summed E-state index contributed by atoms with van der Waals surface area (Å²) in [5.74, 6) is 0. The molecule has 0 aliphatic heterocycles. The second-order valence-corrected chi connectivity index (χ2v) is 9.42. The van der Waals surface area contributed by atoms with Crippen LogP contribution in [0.15, 0.2) is 0 Å². The standard InChI is InChI=1S/C14H31NOSi/c1-5-12-17(16-4,15-13(3)6-2)14-10-8-7-9-11-14/h13-15H,5-12H2,1-4H3. The fraction of sp³-hybridized carbons (Fsp3) is 1.00. The second kappa shape index (κ2) is 7.55. The molecule has 0 amide bonds. The van der Waals surface area contributed by atoms with Crippen LogP contribution >= 0.6 is 0 Å². The maximum absolute atomic E-state index is 6.12. The molecule has 1 fully saturated rings. The zero-order valence-corrected chi connectivity index (χ0v) is 13.2. The van der Waals surface area contributed by atoms with Crippen LogP contribution in [0.2, 0.25) is 11.6 Å². The molecule has 0 aromatic rings. The van der Waals surface area contributed by atoms with Crippen LogP contribution in [0, 0.1) is 0 Å². The van der Waals surface area contributed by atoms with Crippen LogP contribution in [0.25, 0.3) is 0 Å². The van der Waals surface area contributed by atoms with Crippen molar-refractivity contribution in [2.45, 2.75) is 83.3 Å². The highest BCUT2D eigenvalue weighted by Gasteiger charge is 2.43. The Bertz CT molecular complexity index is 206. The molecule has 102 valence electrons. The molecule has 0 saturated heterocycles. The summed E-state index contributed by atoms with van der Waals surface area (Å²) in [7, 11) is 0.248. The molecule has 0 aromatic heterocycles. The molecule has 0 heterocycles. The fourth-order valence-electron chi connectivity index (χ4n) is 3.18. The third kappa shape index (κ3) is 4.07. The van der Waals surface area contributed by atoms with Gasteiger partial charge in [-0.1, -0.05) is 46.5 Å². The van der Waals surface area contributed by atoms with Crippen molar-refractivity contribution in [3.8, 4) is 0 Å². The Morgan fingerprint density at radius 2 is 1.88 bits per heavy atom. The largest absolute Gasteiger partial charge is 0.406 e. The molecule has 17 heavy (non-hydrogen) atoms. The summed E-state index contributed by atoms with van der Waals surface area (Å²) in [6.45, 7) is 6.86. The van der Waals surface area contributed by atoms with Gasteiger partial charge in [0.15, 0.2) is 0 Å². The topological polar surface area (TPSA) is 21.3 Å². The highest BCUT2D eigenvalue weighted by atomic mass is 28.4. The molecular formula is C14H31NOSi. The van der Waals surface area contributed by atoms with Crippen LogP contribution in [-0.2, 0) is 4.43 Å². The van der Waals surface area contributed by atoms with Crippen molar-refractivity contribution in [1.82, 2.24) is 4.98 Å². The van der Waals surface area contributed by atoms with E-state index < -0.39 is 8.48 Å². The van der Waals surface area contributed by atoms with E-state index in [0.717, 1.165) is 5.54 Å². The Balaban J connectivity index is 2.73. The third-order valence-electron chi connectivity index (χ3n) is 4.35. The molecule has 3 heteroatoms. The Labute approximate surface area is 109 Å². The molecule has 1 N–H and O–H groups in total. The van der Waals surface area contributed by atoms with Crippen molar-refractivity contribution >= 4 is 8.48 Å². The highest BCUT2D eigenvalue weighted by molar-refractivity contribution is 6.72. The van der Waals surface area contributed by atoms with Gasteiger partial charge in [-0.05, 0) is 36.9 Å². The smallest absolute Gasteiger partial charge is 0.271 e. The van der Waals surface area contributed by atoms with Crippen LogP contribution in [0.3, 0.4) is 0 Å². The van der Waals surface area contributed by atoms with Gasteiger partial charge >= 0.3 is 0 Å². The molecule has 0 bridgehead atoms. The van der Waals surface area contributed by atoms with E-state index >= 15 is 0 Å². The highest BCUT2D eigenvalue weighted by Crippen LogP contribution is 2.38. The quantitative estimate of drug-likeness (QED) is 0.690. The van der Waals surface area contributed by atoms with Crippen molar-refractivity contribution in [3.63, 3.8) is 0 Å². The van der Waals surface area contributed by atoms with Crippen molar-refractivity contribution in [3.05, 3.63) is 0 Å². The van der Waals surface area contributed by atoms with E-state index in [-0.39, 0.29) is 0 Å². The first-order valence-electron chi connectivity index (χ1n) is 7.51. The SMILES string of the molecule is CCC[Si](NC(C)CC)(OC)C1CCCCC1. The van der Waals surface area contributed by atoms with Crippen LogP contribution in [-0.4, -0.2) is 21.6 Å². The lowest BCUT2D eigenvalue weighted by atomic mass is 10.0. The minimum Gasteiger partial charge on any atom is -0.406 e. The number of nitrogens with one attached hydrogen (secondary N) is 1. The zero-order chi connectivity index (χ0) is 12.7. The monoisotopic (exact) mass is 257 g/mol. The molecule has 2 atom stereocenters. The minimum atomic E-state index is -1.70. The third-order valence-corrected chi connectivity index (χ3v) is 9.20. The van der Waals surface area contributed by atoms with Crippen molar-refractivity contribution in [2.75, 3.05) is 7.11 Å². The van der Waals surface area contributed by atoms with Gasteiger partial charge in [-0.3, -0.25) is 0 Å². The first-order valence-corrected chi connectivity index (χ1v) is 9.70. The van der Waals surface area contributed by atoms with E-state index in [1.54, 1.807) is 0 Å². The normalized spacial score (nSPS) is 23.3. The summed E-state index contributed by atoms with van der Waals surface area (Å²) in [6, 6.07) is 1.88. The number of rotatable bonds is 7. The van der Waals surface area contributed by atoms with E-state index in [1.807, 2.05) is 7.11 Å². The molecule has 1 rings (SSSR count). The Morgan fingerprint density at radius 3 is 2.35 bits per heavy atom. The number of hydrogen-bond acceptors (Lipinski definition) is 2. The van der Waals surface area contributed by atoms with Crippen LogP contribution < -0.4 is 4.98 Å².